The molecule has 1 rings (SSSR count). The largest absolute Gasteiger partial charge is 0.348 e. The van der Waals surface area contributed by atoms with Crippen LogP contribution < -0.4 is 0 Å². The van der Waals surface area contributed by atoms with Crippen molar-refractivity contribution in [1.82, 2.24) is 0 Å². The summed E-state index contributed by atoms with van der Waals surface area (Å²) in [5.74, 6) is 0. The molecule has 0 radical (unpaired) electrons. The highest BCUT2D eigenvalue weighted by Crippen LogP contribution is 2.34. The van der Waals surface area contributed by atoms with Crippen molar-refractivity contribution >= 4 is 0 Å². The van der Waals surface area contributed by atoms with Crippen LogP contribution in [0.3, 0.4) is 0 Å². The monoisotopic (exact) mass is 199 g/mol. The van der Waals surface area contributed by atoms with Gasteiger partial charge < -0.3 is 4.84 Å². The van der Waals surface area contributed by atoms with Crippen molar-refractivity contribution in [3.05, 3.63) is 0 Å². The lowest BCUT2D eigenvalue weighted by molar-refractivity contribution is -0.744. The first-order valence-corrected chi connectivity index (χ1v) is 5.53. The zero-order valence-corrected chi connectivity index (χ0v) is 10.1. The predicted octanol–water partition coefficient (Wildman–Crippen LogP) is 3.14. The average Bonchev–Trinajstić information content (AvgIpc) is 2.01. The summed E-state index contributed by atoms with van der Waals surface area (Å²) in [6.45, 7) is 11.5. The zero-order chi connectivity index (χ0) is 10.8. The molecule has 0 bridgehead atoms. The third-order valence-electron chi connectivity index (χ3n) is 2.99. The van der Waals surface area contributed by atoms with Gasteiger partial charge in [-0.15, -0.1) is 0 Å². The summed E-state index contributed by atoms with van der Waals surface area (Å²) in [6, 6.07) is 0. The van der Waals surface area contributed by atoms with Crippen molar-refractivity contribution in [1.29, 1.82) is 0 Å². The maximum atomic E-state index is 5.20. The van der Waals surface area contributed by atoms with Crippen molar-refractivity contribution in [2.24, 2.45) is 5.28 Å². The molecule has 1 saturated heterocycles. The normalized spacial score (nSPS) is 24.5. The fourth-order valence-corrected chi connectivity index (χ4v) is 2.32. The van der Waals surface area contributed by atoms with E-state index < -0.39 is 0 Å². The molecule has 1 heterocycles. The smallest absolute Gasteiger partial charge is 0.187 e. The van der Waals surface area contributed by atoms with Gasteiger partial charge in [-0.1, -0.05) is 4.70 Å². The Balaban J connectivity index is 2.91. The van der Waals surface area contributed by atoms with Crippen LogP contribution in [0.4, 0.5) is 0 Å². The standard InChI is InChI=1S/C11H23N2O/c1-6-14-12-13-10(2,3)8-7-9-11(13,4)5/h6-9H2,1-5H3/q+1. The molecule has 0 aromatic rings. The Labute approximate surface area is 87.1 Å². The van der Waals surface area contributed by atoms with Crippen LogP contribution >= 0.6 is 0 Å². The zero-order valence-electron chi connectivity index (χ0n) is 10.1. The summed E-state index contributed by atoms with van der Waals surface area (Å²) in [4.78, 5) is 5.20. The van der Waals surface area contributed by atoms with Gasteiger partial charge in [0.1, 0.15) is 6.61 Å². The molecule has 82 valence electrons. The van der Waals surface area contributed by atoms with Gasteiger partial charge >= 0.3 is 0 Å². The van der Waals surface area contributed by atoms with Crippen LogP contribution in [0.2, 0.25) is 0 Å². The van der Waals surface area contributed by atoms with Crippen LogP contribution in [0.1, 0.15) is 53.9 Å². The van der Waals surface area contributed by atoms with Crippen molar-refractivity contribution in [2.45, 2.75) is 65.0 Å². The molecular formula is C11H23N2O+. The summed E-state index contributed by atoms with van der Waals surface area (Å²) in [7, 11) is 0. The van der Waals surface area contributed by atoms with E-state index in [-0.39, 0.29) is 11.1 Å². The summed E-state index contributed by atoms with van der Waals surface area (Å²) in [5, 5.41) is 4.24. The second kappa shape index (κ2) is 3.87. The second-order valence-electron chi connectivity index (χ2n) is 5.29. The molecule has 0 atom stereocenters. The number of rotatable bonds is 2. The molecule has 3 heteroatoms. The molecule has 0 unspecified atom stereocenters. The highest BCUT2D eigenvalue weighted by atomic mass is 16.6. The van der Waals surface area contributed by atoms with E-state index in [0.717, 1.165) is 0 Å². The maximum absolute atomic E-state index is 5.20. The van der Waals surface area contributed by atoms with Crippen molar-refractivity contribution in [3.8, 4) is 0 Å². The Kier molecular flexibility index (Phi) is 3.17. The van der Waals surface area contributed by atoms with Gasteiger partial charge in [0, 0.05) is 40.5 Å². The maximum Gasteiger partial charge on any atom is 0.187 e. The predicted molar refractivity (Wildman–Crippen MR) is 56.3 cm³/mol. The minimum atomic E-state index is 0.122. The summed E-state index contributed by atoms with van der Waals surface area (Å²) >= 11 is 0. The first kappa shape index (κ1) is 11.5. The molecule has 0 aromatic heterocycles. The van der Waals surface area contributed by atoms with Crippen LogP contribution in [-0.4, -0.2) is 22.4 Å². The van der Waals surface area contributed by atoms with Gasteiger partial charge in [0.05, 0.1) is 0 Å². The van der Waals surface area contributed by atoms with Gasteiger partial charge in [-0.3, -0.25) is 0 Å². The summed E-state index contributed by atoms with van der Waals surface area (Å²) in [6.07, 6.45) is 3.65. The third kappa shape index (κ3) is 2.25. The molecule has 1 aliphatic heterocycles. The van der Waals surface area contributed by atoms with Crippen molar-refractivity contribution < 1.29 is 9.53 Å². The van der Waals surface area contributed by atoms with E-state index in [4.69, 9.17) is 4.84 Å². The molecule has 1 fully saturated rings. The Morgan fingerprint density at radius 3 is 2.07 bits per heavy atom. The Morgan fingerprint density at radius 1 is 1.14 bits per heavy atom. The molecular weight excluding hydrogens is 176 g/mol. The molecule has 0 spiro atoms. The highest BCUT2D eigenvalue weighted by Gasteiger charge is 2.48. The van der Waals surface area contributed by atoms with E-state index in [0.29, 0.717) is 6.61 Å². The topological polar surface area (TPSA) is 24.6 Å². The average molecular weight is 199 g/mol. The fraction of sp³-hybridized carbons (Fsp3) is 1.00. The molecule has 1 aliphatic rings. The van der Waals surface area contributed by atoms with E-state index in [2.05, 4.69) is 37.7 Å². The van der Waals surface area contributed by atoms with Gasteiger partial charge in [0.25, 0.3) is 0 Å². The molecule has 0 aliphatic carbocycles. The molecule has 0 aromatic carbocycles. The van der Waals surface area contributed by atoms with Crippen LogP contribution in [0.15, 0.2) is 5.28 Å². The molecule has 0 saturated carbocycles. The lowest BCUT2D eigenvalue weighted by Crippen LogP contribution is -2.51. The van der Waals surface area contributed by atoms with Gasteiger partial charge in [-0.05, 0) is 13.3 Å². The van der Waals surface area contributed by atoms with Crippen molar-refractivity contribution in [3.63, 3.8) is 0 Å². The molecule has 3 nitrogen and oxygen atoms in total. The number of piperidine rings is 1. The first-order chi connectivity index (χ1) is 6.40. The van der Waals surface area contributed by atoms with Gasteiger partial charge in [0.15, 0.2) is 16.4 Å². The lowest BCUT2D eigenvalue weighted by Gasteiger charge is -2.34. The third-order valence-corrected chi connectivity index (χ3v) is 2.99. The van der Waals surface area contributed by atoms with Gasteiger partial charge in [0.2, 0.25) is 0 Å². The Bertz CT molecular complexity index is 213. The number of hydrogen-bond donors (Lipinski definition) is 0. The van der Waals surface area contributed by atoms with Crippen LogP contribution in [0.25, 0.3) is 0 Å². The van der Waals surface area contributed by atoms with E-state index in [1.54, 1.807) is 0 Å². The van der Waals surface area contributed by atoms with E-state index in [9.17, 15) is 0 Å². The van der Waals surface area contributed by atoms with Crippen LogP contribution in [-0.2, 0) is 4.84 Å². The van der Waals surface area contributed by atoms with Gasteiger partial charge in [-0.25, -0.2) is 0 Å². The first-order valence-electron chi connectivity index (χ1n) is 5.53. The second-order valence-corrected chi connectivity index (χ2v) is 5.29. The molecule has 0 N–H and O–H groups in total. The van der Waals surface area contributed by atoms with Crippen LogP contribution in [0, 0.1) is 0 Å². The fourth-order valence-electron chi connectivity index (χ4n) is 2.32. The molecule has 0 amide bonds. The van der Waals surface area contributed by atoms with E-state index in [1.165, 1.54) is 19.3 Å². The molecule has 14 heavy (non-hydrogen) atoms. The van der Waals surface area contributed by atoms with E-state index >= 15 is 0 Å². The minimum absolute atomic E-state index is 0.122. The van der Waals surface area contributed by atoms with Crippen molar-refractivity contribution in [2.75, 3.05) is 6.61 Å². The Hall–Kier alpha value is -0.600. The quantitative estimate of drug-likeness (QED) is 0.495. The lowest BCUT2D eigenvalue weighted by atomic mass is 9.82. The Morgan fingerprint density at radius 2 is 1.64 bits per heavy atom. The minimum Gasteiger partial charge on any atom is -0.348 e. The SMILES string of the molecule is CCON=[N+]1C(C)(C)CCCC1(C)C. The highest BCUT2D eigenvalue weighted by molar-refractivity contribution is 4.79. The summed E-state index contributed by atoms with van der Waals surface area (Å²) in [5.41, 5.74) is 0.244. The summed E-state index contributed by atoms with van der Waals surface area (Å²) < 4.78 is 2.13. The van der Waals surface area contributed by atoms with E-state index in [1.807, 2.05) is 6.92 Å². The number of nitrogens with zero attached hydrogens (tertiary/aromatic N) is 2. The van der Waals surface area contributed by atoms with Gasteiger partial charge in [-0.2, -0.15) is 0 Å². The number of hydrogen-bond acceptors (Lipinski definition) is 2. The van der Waals surface area contributed by atoms with Crippen LogP contribution in [0.5, 0.6) is 0 Å².